The van der Waals surface area contributed by atoms with Crippen LogP contribution < -0.4 is 4.74 Å². The molecule has 0 spiro atoms. The monoisotopic (exact) mass is 259 g/mol. The summed E-state index contributed by atoms with van der Waals surface area (Å²) in [5.41, 5.74) is 0. The Hall–Kier alpha value is -0.220. The van der Waals surface area contributed by atoms with Gasteiger partial charge in [0.05, 0.1) is 15.6 Å². The first-order chi connectivity index (χ1) is 6.29. The second-order valence-corrected chi connectivity index (χ2v) is 4.66. The van der Waals surface area contributed by atoms with E-state index < -0.39 is 0 Å². The van der Waals surface area contributed by atoms with Gasteiger partial charge in [-0.2, -0.15) is 0 Å². The van der Waals surface area contributed by atoms with E-state index in [0.717, 1.165) is 15.2 Å². The van der Waals surface area contributed by atoms with Crippen LogP contribution in [0.4, 0.5) is 0 Å². The SMILES string of the molecule is CSc1cc(OC2CC2)c(Br)cn1. The maximum Gasteiger partial charge on any atom is 0.138 e. The largest absolute Gasteiger partial charge is 0.489 e. The van der Waals surface area contributed by atoms with E-state index >= 15 is 0 Å². The van der Waals surface area contributed by atoms with Crippen molar-refractivity contribution in [3.63, 3.8) is 0 Å². The third kappa shape index (κ3) is 2.38. The molecule has 4 heteroatoms. The number of halogens is 1. The highest BCUT2D eigenvalue weighted by atomic mass is 79.9. The summed E-state index contributed by atoms with van der Waals surface area (Å²) in [6.45, 7) is 0. The van der Waals surface area contributed by atoms with Crippen LogP contribution in [0.25, 0.3) is 0 Å². The molecule has 0 saturated heterocycles. The van der Waals surface area contributed by atoms with Gasteiger partial charge in [-0.3, -0.25) is 0 Å². The van der Waals surface area contributed by atoms with Crippen molar-refractivity contribution in [2.75, 3.05) is 6.26 Å². The molecule has 0 unspecified atom stereocenters. The molecule has 0 aromatic carbocycles. The molecule has 0 N–H and O–H groups in total. The van der Waals surface area contributed by atoms with Gasteiger partial charge in [0, 0.05) is 12.3 Å². The molecule has 2 nitrogen and oxygen atoms in total. The van der Waals surface area contributed by atoms with Crippen molar-refractivity contribution in [3.05, 3.63) is 16.7 Å². The van der Waals surface area contributed by atoms with Crippen molar-refractivity contribution in [1.29, 1.82) is 0 Å². The first-order valence-electron chi connectivity index (χ1n) is 4.16. The van der Waals surface area contributed by atoms with Crippen molar-refractivity contribution in [3.8, 4) is 5.75 Å². The normalized spacial score (nSPS) is 15.8. The maximum atomic E-state index is 5.70. The second kappa shape index (κ2) is 3.88. The molecule has 1 aromatic rings. The van der Waals surface area contributed by atoms with Crippen molar-refractivity contribution in [2.24, 2.45) is 0 Å². The summed E-state index contributed by atoms with van der Waals surface area (Å²) in [4.78, 5) is 4.22. The van der Waals surface area contributed by atoms with E-state index in [1.54, 1.807) is 18.0 Å². The summed E-state index contributed by atoms with van der Waals surface area (Å²) in [7, 11) is 0. The molecule has 70 valence electrons. The van der Waals surface area contributed by atoms with Crippen LogP contribution in [-0.2, 0) is 0 Å². The second-order valence-electron chi connectivity index (χ2n) is 2.97. The zero-order valence-electron chi connectivity index (χ0n) is 7.29. The van der Waals surface area contributed by atoms with Crippen molar-refractivity contribution in [1.82, 2.24) is 4.98 Å². The van der Waals surface area contributed by atoms with Crippen LogP contribution in [0, 0.1) is 0 Å². The smallest absolute Gasteiger partial charge is 0.138 e. The third-order valence-electron chi connectivity index (χ3n) is 1.82. The van der Waals surface area contributed by atoms with Crippen LogP contribution in [0.15, 0.2) is 21.8 Å². The number of rotatable bonds is 3. The number of pyridine rings is 1. The summed E-state index contributed by atoms with van der Waals surface area (Å²) in [6, 6.07) is 1.98. The quantitative estimate of drug-likeness (QED) is 0.779. The Kier molecular flexibility index (Phi) is 2.79. The molecule has 0 amide bonds. The highest BCUT2D eigenvalue weighted by molar-refractivity contribution is 9.10. The minimum absolute atomic E-state index is 0.438. The molecule has 13 heavy (non-hydrogen) atoms. The van der Waals surface area contributed by atoms with Gasteiger partial charge in [-0.25, -0.2) is 4.98 Å². The molecule has 0 radical (unpaired) electrons. The minimum atomic E-state index is 0.438. The zero-order chi connectivity index (χ0) is 9.26. The van der Waals surface area contributed by atoms with Crippen LogP contribution in [0.5, 0.6) is 5.75 Å². The van der Waals surface area contributed by atoms with Crippen LogP contribution in [0.2, 0.25) is 0 Å². The number of hydrogen-bond acceptors (Lipinski definition) is 3. The number of thioether (sulfide) groups is 1. The van der Waals surface area contributed by atoms with Gasteiger partial charge >= 0.3 is 0 Å². The van der Waals surface area contributed by atoms with E-state index in [4.69, 9.17) is 4.74 Å². The molecule has 1 heterocycles. The van der Waals surface area contributed by atoms with Gasteiger partial charge in [-0.1, -0.05) is 0 Å². The van der Waals surface area contributed by atoms with E-state index in [-0.39, 0.29) is 0 Å². The molecule has 1 saturated carbocycles. The average Bonchev–Trinajstić information content (AvgIpc) is 2.93. The molecule has 0 aliphatic heterocycles. The number of nitrogens with zero attached hydrogens (tertiary/aromatic N) is 1. The molecule has 1 aromatic heterocycles. The first kappa shape index (κ1) is 9.34. The van der Waals surface area contributed by atoms with Gasteiger partial charge in [-0.05, 0) is 35.0 Å². The van der Waals surface area contributed by atoms with Crippen LogP contribution in [0.3, 0.4) is 0 Å². The topological polar surface area (TPSA) is 22.1 Å². The van der Waals surface area contributed by atoms with Gasteiger partial charge in [0.1, 0.15) is 5.75 Å². The molecular formula is C9H10BrNOS. The van der Waals surface area contributed by atoms with Crippen molar-refractivity contribution >= 4 is 27.7 Å². The fraction of sp³-hybridized carbons (Fsp3) is 0.444. The summed E-state index contributed by atoms with van der Waals surface area (Å²) >= 11 is 5.05. The third-order valence-corrected chi connectivity index (χ3v) is 3.06. The Morgan fingerprint density at radius 3 is 3.00 bits per heavy atom. The fourth-order valence-electron chi connectivity index (χ4n) is 0.970. The van der Waals surface area contributed by atoms with Crippen LogP contribution in [-0.4, -0.2) is 17.3 Å². The van der Waals surface area contributed by atoms with E-state index in [1.165, 1.54) is 12.8 Å². The highest BCUT2D eigenvalue weighted by Gasteiger charge is 2.24. The van der Waals surface area contributed by atoms with Gasteiger partial charge in [0.25, 0.3) is 0 Å². The van der Waals surface area contributed by atoms with Crippen molar-refractivity contribution < 1.29 is 4.74 Å². The van der Waals surface area contributed by atoms with E-state index in [2.05, 4.69) is 20.9 Å². The summed E-state index contributed by atoms with van der Waals surface area (Å²) in [6.07, 6.45) is 6.61. The Bertz CT molecular complexity index is 314. The van der Waals surface area contributed by atoms with Gasteiger partial charge in [-0.15, -0.1) is 11.8 Å². The first-order valence-corrected chi connectivity index (χ1v) is 6.17. The highest BCUT2D eigenvalue weighted by Crippen LogP contribution is 2.33. The Morgan fingerprint density at radius 2 is 2.38 bits per heavy atom. The Labute approximate surface area is 90.2 Å². The maximum absolute atomic E-state index is 5.70. The lowest BCUT2D eigenvalue weighted by Gasteiger charge is -2.07. The number of aromatic nitrogens is 1. The summed E-state index contributed by atoms with van der Waals surface area (Å²) < 4.78 is 6.64. The van der Waals surface area contributed by atoms with Gasteiger partial charge < -0.3 is 4.74 Å². The zero-order valence-corrected chi connectivity index (χ0v) is 9.69. The molecule has 1 fully saturated rings. The van der Waals surface area contributed by atoms with E-state index in [0.29, 0.717) is 6.10 Å². The summed E-state index contributed by atoms with van der Waals surface area (Å²) in [5, 5.41) is 0.999. The Morgan fingerprint density at radius 1 is 1.62 bits per heavy atom. The fourth-order valence-corrected chi connectivity index (χ4v) is 1.66. The van der Waals surface area contributed by atoms with Gasteiger partial charge in [0.2, 0.25) is 0 Å². The molecule has 1 aliphatic carbocycles. The lowest BCUT2D eigenvalue weighted by atomic mass is 10.4. The molecule has 1 aliphatic rings. The minimum Gasteiger partial charge on any atom is -0.489 e. The average molecular weight is 260 g/mol. The molecule has 2 rings (SSSR count). The molecule has 0 atom stereocenters. The van der Waals surface area contributed by atoms with Crippen LogP contribution >= 0.6 is 27.7 Å². The van der Waals surface area contributed by atoms with Gasteiger partial charge in [0.15, 0.2) is 0 Å². The van der Waals surface area contributed by atoms with Crippen LogP contribution in [0.1, 0.15) is 12.8 Å². The van der Waals surface area contributed by atoms with Crippen molar-refractivity contribution in [2.45, 2.75) is 24.0 Å². The predicted octanol–water partition coefficient (Wildman–Crippen LogP) is 3.11. The Balaban J connectivity index is 2.19. The molecular weight excluding hydrogens is 250 g/mol. The molecule has 0 bridgehead atoms. The number of hydrogen-bond donors (Lipinski definition) is 0. The lowest BCUT2D eigenvalue weighted by Crippen LogP contribution is -1.97. The summed E-state index contributed by atoms with van der Waals surface area (Å²) in [5.74, 6) is 0.918. The lowest BCUT2D eigenvalue weighted by molar-refractivity contribution is 0.300. The van der Waals surface area contributed by atoms with E-state index in [1.807, 2.05) is 12.3 Å². The standard InChI is InChI=1S/C9H10BrNOS/c1-13-9-4-8(7(10)5-11-9)12-6-2-3-6/h4-6H,2-3H2,1H3. The predicted molar refractivity (Wildman–Crippen MR) is 57.4 cm³/mol. The van der Waals surface area contributed by atoms with E-state index in [9.17, 15) is 0 Å². The number of ether oxygens (including phenoxy) is 1.